The van der Waals surface area contributed by atoms with Gasteiger partial charge in [-0.3, -0.25) is 14.8 Å². The van der Waals surface area contributed by atoms with Crippen LogP contribution >= 0.6 is 0 Å². The summed E-state index contributed by atoms with van der Waals surface area (Å²) in [7, 11) is 3.34. The standard InChI is InChI=1S/C6H9N5O2/c1-11(2)10-9-4-3-7-6(13)8-5(4)12/h3H,1-2H3,(H2,7,8,12,13). The summed E-state index contributed by atoms with van der Waals surface area (Å²) >= 11 is 0. The quantitative estimate of drug-likeness (QED) is 0.483. The Balaban J connectivity index is 3.04. The molecule has 0 amide bonds. The number of aromatic nitrogens is 2. The summed E-state index contributed by atoms with van der Waals surface area (Å²) in [6.45, 7) is 0. The second-order valence-electron chi connectivity index (χ2n) is 2.49. The molecule has 0 atom stereocenters. The van der Waals surface area contributed by atoms with E-state index in [9.17, 15) is 9.59 Å². The third-order valence-electron chi connectivity index (χ3n) is 1.13. The predicted octanol–water partition coefficient (Wildman–Crippen LogP) is -0.377. The molecule has 1 heterocycles. The van der Waals surface area contributed by atoms with Crippen molar-refractivity contribution in [2.75, 3.05) is 14.1 Å². The van der Waals surface area contributed by atoms with Crippen LogP contribution in [0.3, 0.4) is 0 Å². The summed E-state index contributed by atoms with van der Waals surface area (Å²) in [5, 5.41) is 8.62. The number of rotatable bonds is 2. The summed E-state index contributed by atoms with van der Waals surface area (Å²) in [6.07, 6.45) is 1.20. The Hall–Kier alpha value is -1.92. The normalized spacial score (nSPS) is 10.6. The molecule has 0 spiro atoms. The fourth-order valence-electron chi connectivity index (χ4n) is 0.615. The number of H-pyrrole nitrogens is 2. The van der Waals surface area contributed by atoms with Gasteiger partial charge in [0.15, 0.2) is 5.69 Å². The van der Waals surface area contributed by atoms with E-state index in [1.54, 1.807) is 14.1 Å². The van der Waals surface area contributed by atoms with Crippen LogP contribution in [0.15, 0.2) is 26.1 Å². The molecule has 0 radical (unpaired) electrons. The molecule has 1 aromatic heterocycles. The molecule has 0 aliphatic rings. The van der Waals surface area contributed by atoms with E-state index in [0.29, 0.717) is 0 Å². The van der Waals surface area contributed by atoms with Gasteiger partial charge in [0.2, 0.25) is 0 Å². The minimum absolute atomic E-state index is 0.0632. The molecule has 70 valence electrons. The van der Waals surface area contributed by atoms with E-state index in [0.717, 1.165) is 0 Å². The maximum Gasteiger partial charge on any atom is 0.325 e. The molecule has 7 heteroatoms. The van der Waals surface area contributed by atoms with Crippen LogP contribution in [0.25, 0.3) is 0 Å². The average molecular weight is 183 g/mol. The van der Waals surface area contributed by atoms with Crippen molar-refractivity contribution in [3.8, 4) is 0 Å². The van der Waals surface area contributed by atoms with Gasteiger partial charge in [-0.1, -0.05) is 5.22 Å². The number of hydrogen-bond acceptors (Lipinski definition) is 4. The van der Waals surface area contributed by atoms with Gasteiger partial charge >= 0.3 is 5.69 Å². The van der Waals surface area contributed by atoms with Crippen LogP contribution in [0.1, 0.15) is 0 Å². The van der Waals surface area contributed by atoms with E-state index in [4.69, 9.17) is 0 Å². The van der Waals surface area contributed by atoms with Gasteiger partial charge in [0.25, 0.3) is 5.56 Å². The summed E-state index contributed by atoms with van der Waals surface area (Å²) < 4.78 is 0. The molecule has 7 nitrogen and oxygen atoms in total. The highest BCUT2D eigenvalue weighted by atomic mass is 16.2. The Labute approximate surface area is 73.1 Å². The summed E-state index contributed by atoms with van der Waals surface area (Å²) in [5.41, 5.74) is -1.06. The summed E-state index contributed by atoms with van der Waals surface area (Å²) in [5.74, 6) is 0. The molecule has 0 bridgehead atoms. The van der Waals surface area contributed by atoms with E-state index >= 15 is 0 Å². The fraction of sp³-hybridized carbons (Fsp3) is 0.333. The Morgan fingerprint density at radius 2 is 2.08 bits per heavy atom. The SMILES string of the molecule is CN(C)N=Nc1c[nH]c(=O)[nH]c1=O. The van der Waals surface area contributed by atoms with Crippen molar-refractivity contribution in [3.05, 3.63) is 27.0 Å². The van der Waals surface area contributed by atoms with Crippen LogP contribution in [-0.4, -0.2) is 29.1 Å². The molecule has 0 fully saturated rings. The first-order chi connectivity index (χ1) is 6.09. The number of nitrogens with zero attached hydrogens (tertiary/aromatic N) is 3. The molecule has 0 unspecified atom stereocenters. The summed E-state index contributed by atoms with van der Waals surface area (Å²) in [4.78, 5) is 25.9. The third-order valence-corrected chi connectivity index (χ3v) is 1.13. The van der Waals surface area contributed by atoms with Gasteiger partial charge < -0.3 is 4.98 Å². The lowest BCUT2D eigenvalue weighted by molar-refractivity contribution is 0.408. The minimum Gasteiger partial charge on any atom is -0.312 e. The molecule has 13 heavy (non-hydrogen) atoms. The van der Waals surface area contributed by atoms with Crippen molar-refractivity contribution >= 4 is 5.69 Å². The van der Waals surface area contributed by atoms with E-state index in [2.05, 4.69) is 15.3 Å². The van der Waals surface area contributed by atoms with E-state index in [-0.39, 0.29) is 5.69 Å². The highest BCUT2D eigenvalue weighted by Crippen LogP contribution is 1.99. The lowest BCUT2D eigenvalue weighted by Crippen LogP contribution is -2.20. The van der Waals surface area contributed by atoms with Crippen molar-refractivity contribution in [2.45, 2.75) is 0 Å². The van der Waals surface area contributed by atoms with Crippen LogP contribution in [0.2, 0.25) is 0 Å². The minimum atomic E-state index is -0.561. The molecule has 0 aliphatic carbocycles. The Morgan fingerprint density at radius 1 is 1.38 bits per heavy atom. The molecule has 1 rings (SSSR count). The van der Waals surface area contributed by atoms with E-state index < -0.39 is 11.2 Å². The lowest BCUT2D eigenvalue weighted by Gasteiger charge is -1.98. The topological polar surface area (TPSA) is 93.7 Å². The van der Waals surface area contributed by atoms with Crippen molar-refractivity contribution in [1.29, 1.82) is 0 Å². The van der Waals surface area contributed by atoms with Crippen molar-refractivity contribution in [3.63, 3.8) is 0 Å². The Morgan fingerprint density at radius 3 is 2.62 bits per heavy atom. The van der Waals surface area contributed by atoms with Gasteiger partial charge in [-0.2, -0.15) is 0 Å². The van der Waals surface area contributed by atoms with E-state index in [1.165, 1.54) is 11.2 Å². The zero-order chi connectivity index (χ0) is 9.84. The van der Waals surface area contributed by atoms with Crippen molar-refractivity contribution in [2.24, 2.45) is 10.3 Å². The van der Waals surface area contributed by atoms with Crippen LogP contribution in [0.4, 0.5) is 5.69 Å². The monoisotopic (exact) mass is 183 g/mol. The maximum absolute atomic E-state index is 11.0. The molecule has 1 aromatic rings. The molecule has 0 aromatic carbocycles. The van der Waals surface area contributed by atoms with Crippen LogP contribution in [0, 0.1) is 0 Å². The third kappa shape index (κ3) is 2.55. The molecule has 0 aliphatic heterocycles. The highest BCUT2D eigenvalue weighted by molar-refractivity contribution is 5.27. The second-order valence-corrected chi connectivity index (χ2v) is 2.49. The van der Waals surface area contributed by atoms with Crippen LogP contribution in [-0.2, 0) is 0 Å². The number of aromatic amines is 2. The van der Waals surface area contributed by atoms with Gasteiger partial charge in [-0.05, 0) is 0 Å². The number of hydrogen-bond donors (Lipinski definition) is 2. The maximum atomic E-state index is 11.0. The largest absolute Gasteiger partial charge is 0.325 e. The predicted molar refractivity (Wildman–Crippen MR) is 45.9 cm³/mol. The molecule has 0 saturated heterocycles. The Bertz CT molecular complexity index is 416. The fourth-order valence-corrected chi connectivity index (χ4v) is 0.615. The summed E-state index contributed by atoms with van der Waals surface area (Å²) in [6, 6.07) is 0. The highest BCUT2D eigenvalue weighted by Gasteiger charge is 1.96. The van der Waals surface area contributed by atoms with Gasteiger partial charge in [-0.25, -0.2) is 4.79 Å². The van der Waals surface area contributed by atoms with Gasteiger partial charge in [-0.15, -0.1) is 5.11 Å². The van der Waals surface area contributed by atoms with Crippen molar-refractivity contribution < 1.29 is 0 Å². The van der Waals surface area contributed by atoms with Gasteiger partial charge in [0.05, 0.1) is 0 Å². The van der Waals surface area contributed by atoms with Gasteiger partial charge in [0, 0.05) is 20.3 Å². The second kappa shape index (κ2) is 3.65. The zero-order valence-corrected chi connectivity index (χ0v) is 7.24. The molecule has 2 N–H and O–H groups in total. The average Bonchev–Trinajstić information content (AvgIpc) is 2.02. The van der Waals surface area contributed by atoms with E-state index in [1.807, 2.05) is 4.98 Å². The number of nitrogens with one attached hydrogen (secondary N) is 2. The lowest BCUT2D eigenvalue weighted by atomic mass is 10.5. The first-order valence-electron chi connectivity index (χ1n) is 3.50. The first kappa shape index (κ1) is 9.17. The molecular weight excluding hydrogens is 174 g/mol. The molecule has 0 saturated carbocycles. The molecular formula is C6H9N5O2. The first-order valence-corrected chi connectivity index (χ1v) is 3.50. The van der Waals surface area contributed by atoms with Crippen LogP contribution < -0.4 is 11.2 Å². The Kier molecular flexibility index (Phi) is 2.58. The zero-order valence-electron chi connectivity index (χ0n) is 7.24. The van der Waals surface area contributed by atoms with Crippen molar-refractivity contribution in [1.82, 2.24) is 15.0 Å². The van der Waals surface area contributed by atoms with Crippen LogP contribution in [0.5, 0.6) is 0 Å². The van der Waals surface area contributed by atoms with Gasteiger partial charge in [0.1, 0.15) is 0 Å². The smallest absolute Gasteiger partial charge is 0.312 e.